The maximum atomic E-state index is 6.11. The van der Waals surface area contributed by atoms with Crippen molar-refractivity contribution >= 4 is 22.7 Å². The topological polar surface area (TPSA) is 9.23 Å². The molecule has 2 atom stereocenters. The lowest BCUT2D eigenvalue weighted by Gasteiger charge is -2.35. The van der Waals surface area contributed by atoms with Crippen LogP contribution in [0.3, 0.4) is 0 Å². The minimum Gasteiger partial charge on any atom is -0.365 e. The molecule has 4 rings (SSSR count). The molecule has 0 radical (unpaired) electrons. The minimum absolute atomic E-state index is 0.330. The average Bonchev–Trinajstić information content (AvgIpc) is 2.84. The lowest BCUT2D eigenvalue weighted by molar-refractivity contribution is -0.0368. The summed E-state index contributed by atoms with van der Waals surface area (Å²) < 4.78 is 6.11. The van der Waals surface area contributed by atoms with Crippen LogP contribution in [0.2, 0.25) is 0 Å². The quantitative estimate of drug-likeness (QED) is 0.675. The van der Waals surface area contributed by atoms with Gasteiger partial charge in [-0.1, -0.05) is 0 Å². The molecule has 4 heterocycles. The second-order valence-corrected chi connectivity index (χ2v) is 6.12. The highest BCUT2D eigenvalue weighted by atomic mass is 32.1. The lowest BCUT2D eigenvalue weighted by Crippen LogP contribution is -2.25. The van der Waals surface area contributed by atoms with E-state index in [1.807, 2.05) is 22.7 Å². The number of rotatable bonds is 0. The fraction of sp³-hybridized carbons (Fsp3) is 0.333. The number of fused-ring (bicyclic) bond motifs is 6. The predicted octanol–water partition coefficient (Wildman–Crippen LogP) is 3.72. The van der Waals surface area contributed by atoms with Gasteiger partial charge in [-0.05, 0) is 34.0 Å². The smallest absolute Gasteiger partial charge is 0.0892 e. The van der Waals surface area contributed by atoms with Gasteiger partial charge in [-0.15, -0.1) is 22.7 Å². The molecule has 0 N–H and O–H groups in total. The molecule has 15 heavy (non-hydrogen) atoms. The second kappa shape index (κ2) is 2.94. The molecule has 1 nitrogen and oxygen atoms in total. The van der Waals surface area contributed by atoms with Gasteiger partial charge in [0.05, 0.1) is 12.2 Å². The highest BCUT2D eigenvalue weighted by Gasteiger charge is 2.35. The first-order valence-corrected chi connectivity index (χ1v) is 6.96. The number of hydrogen-bond donors (Lipinski definition) is 0. The summed E-state index contributed by atoms with van der Waals surface area (Å²) in [5.41, 5.74) is 2.88. The third kappa shape index (κ3) is 1.11. The van der Waals surface area contributed by atoms with Crippen molar-refractivity contribution in [2.45, 2.75) is 25.0 Å². The monoisotopic (exact) mass is 234 g/mol. The summed E-state index contributed by atoms with van der Waals surface area (Å²) in [5.74, 6) is 0. The van der Waals surface area contributed by atoms with Gasteiger partial charge in [0.25, 0.3) is 0 Å². The van der Waals surface area contributed by atoms with Crippen molar-refractivity contribution in [3.05, 3.63) is 43.8 Å². The van der Waals surface area contributed by atoms with Crippen LogP contribution in [-0.4, -0.2) is 0 Å². The summed E-state index contributed by atoms with van der Waals surface area (Å²) >= 11 is 3.77. The average molecular weight is 234 g/mol. The van der Waals surface area contributed by atoms with E-state index in [0.717, 1.165) is 12.8 Å². The Bertz CT molecular complexity index is 465. The fourth-order valence-corrected chi connectivity index (χ4v) is 4.53. The Morgan fingerprint density at radius 2 is 1.47 bits per heavy atom. The normalized spacial score (nSPS) is 27.2. The van der Waals surface area contributed by atoms with Gasteiger partial charge in [0.15, 0.2) is 0 Å². The Hall–Kier alpha value is -0.640. The van der Waals surface area contributed by atoms with Gasteiger partial charge >= 0.3 is 0 Å². The van der Waals surface area contributed by atoms with Crippen molar-refractivity contribution in [1.82, 2.24) is 0 Å². The van der Waals surface area contributed by atoms with Crippen molar-refractivity contribution in [2.75, 3.05) is 0 Å². The van der Waals surface area contributed by atoms with Gasteiger partial charge in [-0.2, -0.15) is 0 Å². The fourth-order valence-electron chi connectivity index (χ4n) is 2.60. The molecule has 0 saturated carbocycles. The molecule has 2 aromatic heterocycles. The molecule has 0 aromatic carbocycles. The number of ether oxygens (including phenoxy) is 1. The molecule has 2 aliphatic heterocycles. The molecule has 2 aliphatic rings. The van der Waals surface area contributed by atoms with E-state index in [1.165, 1.54) is 20.9 Å². The zero-order chi connectivity index (χ0) is 9.83. The third-order valence-corrected chi connectivity index (χ3v) is 5.24. The highest BCUT2D eigenvalue weighted by Crippen LogP contribution is 2.47. The van der Waals surface area contributed by atoms with Gasteiger partial charge < -0.3 is 4.74 Å². The lowest BCUT2D eigenvalue weighted by atomic mass is 9.91. The molecule has 76 valence electrons. The van der Waals surface area contributed by atoms with E-state index in [4.69, 9.17) is 4.74 Å². The van der Waals surface area contributed by atoms with Crippen LogP contribution < -0.4 is 0 Å². The van der Waals surface area contributed by atoms with E-state index >= 15 is 0 Å². The van der Waals surface area contributed by atoms with Crippen molar-refractivity contribution < 1.29 is 4.74 Å². The molecule has 0 fully saturated rings. The number of hydrogen-bond acceptors (Lipinski definition) is 3. The summed E-state index contributed by atoms with van der Waals surface area (Å²) in [6, 6.07) is 4.47. The predicted molar refractivity (Wildman–Crippen MR) is 62.6 cm³/mol. The molecule has 2 bridgehead atoms. The molecule has 2 aromatic rings. The van der Waals surface area contributed by atoms with E-state index in [-0.39, 0.29) is 0 Å². The first-order chi connectivity index (χ1) is 7.42. The summed E-state index contributed by atoms with van der Waals surface area (Å²) in [6.45, 7) is 0. The maximum Gasteiger partial charge on any atom is 0.0892 e. The van der Waals surface area contributed by atoms with Crippen LogP contribution in [0, 0.1) is 0 Å². The van der Waals surface area contributed by atoms with Crippen molar-refractivity contribution in [3.8, 4) is 0 Å². The number of thiophene rings is 2. The molecule has 2 unspecified atom stereocenters. The summed E-state index contributed by atoms with van der Waals surface area (Å²) in [5, 5.41) is 4.39. The van der Waals surface area contributed by atoms with E-state index in [2.05, 4.69) is 22.9 Å². The zero-order valence-electron chi connectivity index (χ0n) is 8.10. The molecular formula is C12H10OS2. The van der Waals surface area contributed by atoms with Gasteiger partial charge in [0, 0.05) is 22.6 Å². The Morgan fingerprint density at radius 1 is 0.933 bits per heavy atom. The van der Waals surface area contributed by atoms with E-state index in [1.54, 1.807) is 0 Å². The van der Waals surface area contributed by atoms with Crippen LogP contribution in [0.25, 0.3) is 0 Å². The maximum absolute atomic E-state index is 6.11. The van der Waals surface area contributed by atoms with Gasteiger partial charge in [0.2, 0.25) is 0 Å². The molecule has 0 saturated heterocycles. The first-order valence-electron chi connectivity index (χ1n) is 5.20. The van der Waals surface area contributed by atoms with Gasteiger partial charge in [0.1, 0.15) is 0 Å². The SMILES string of the molecule is c1cc2c(s1)CC1OC2Cc2sccc21. The Balaban J connectivity index is 1.88. The van der Waals surface area contributed by atoms with Gasteiger partial charge in [-0.3, -0.25) is 0 Å². The highest BCUT2D eigenvalue weighted by molar-refractivity contribution is 7.10. The van der Waals surface area contributed by atoms with E-state index < -0.39 is 0 Å². The van der Waals surface area contributed by atoms with Crippen LogP contribution in [0.1, 0.15) is 33.1 Å². The molecule has 0 aliphatic carbocycles. The summed E-state index contributed by atoms with van der Waals surface area (Å²) in [4.78, 5) is 3.07. The Labute approximate surface area is 96.3 Å². The molecule has 0 amide bonds. The van der Waals surface area contributed by atoms with Crippen LogP contribution >= 0.6 is 22.7 Å². The van der Waals surface area contributed by atoms with Crippen molar-refractivity contribution in [1.29, 1.82) is 0 Å². The van der Waals surface area contributed by atoms with Crippen LogP contribution in [0.15, 0.2) is 22.9 Å². The van der Waals surface area contributed by atoms with Gasteiger partial charge in [-0.25, -0.2) is 0 Å². The summed E-state index contributed by atoms with van der Waals surface area (Å²) in [7, 11) is 0. The molecule has 0 spiro atoms. The standard InChI is InChI=1S/C12H10OS2/c1-3-14-11-6-10-8-2-4-15-12(8)5-9(13-10)7(1)11/h1-4,9-10H,5-6H2. The minimum atomic E-state index is 0.330. The third-order valence-electron chi connectivity index (χ3n) is 3.32. The van der Waals surface area contributed by atoms with E-state index in [0.29, 0.717) is 12.2 Å². The zero-order valence-corrected chi connectivity index (χ0v) is 9.74. The van der Waals surface area contributed by atoms with E-state index in [9.17, 15) is 0 Å². The molecular weight excluding hydrogens is 224 g/mol. The van der Waals surface area contributed by atoms with Crippen molar-refractivity contribution in [2.24, 2.45) is 0 Å². The van der Waals surface area contributed by atoms with Crippen molar-refractivity contribution in [3.63, 3.8) is 0 Å². The Kier molecular flexibility index (Phi) is 1.67. The summed E-state index contributed by atoms with van der Waals surface area (Å²) in [6.07, 6.45) is 2.81. The van der Waals surface area contributed by atoms with Crippen LogP contribution in [-0.2, 0) is 17.6 Å². The Morgan fingerprint density at radius 3 is 2.00 bits per heavy atom. The molecule has 3 heteroatoms. The second-order valence-electron chi connectivity index (χ2n) is 4.12. The van der Waals surface area contributed by atoms with Crippen LogP contribution in [0.4, 0.5) is 0 Å². The van der Waals surface area contributed by atoms with Crippen LogP contribution in [0.5, 0.6) is 0 Å². The largest absolute Gasteiger partial charge is 0.365 e. The first kappa shape index (κ1) is 8.50.